The van der Waals surface area contributed by atoms with Gasteiger partial charge in [0.05, 0.1) is 35.3 Å². The molecular weight excluding hydrogens is 444 g/mol. The van der Waals surface area contributed by atoms with Gasteiger partial charge in [0.15, 0.2) is 6.79 Å². The Morgan fingerprint density at radius 1 is 1.11 bits per heavy atom. The summed E-state index contributed by atoms with van der Waals surface area (Å²) >= 11 is 0. The smallest absolute Gasteiger partial charge is 0.274 e. The predicted molar refractivity (Wildman–Crippen MR) is 133 cm³/mol. The number of hydrogen-bond acceptors (Lipinski definition) is 6. The van der Waals surface area contributed by atoms with Gasteiger partial charge in [0.2, 0.25) is 0 Å². The number of imidazole rings is 1. The van der Waals surface area contributed by atoms with E-state index in [0.29, 0.717) is 35.9 Å². The van der Waals surface area contributed by atoms with Crippen LogP contribution in [-0.2, 0) is 11.3 Å². The van der Waals surface area contributed by atoms with Crippen molar-refractivity contribution in [2.45, 2.75) is 27.3 Å². The molecule has 0 aliphatic carbocycles. The maximum absolute atomic E-state index is 13.2. The van der Waals surface area contributed by atoms with Crippen LogP contribution in [0.3, 0.4) is 0 Å². The maximum Gasteiger partial charge on any atom is 0.274 e. The molecule has 1 amide bonds. The number of amides is 1. The minimum Gasteiger partial charge on any atom is -0.467 e. The molecule has 5 rings (SSSR count). The molecular formula is C26H26N6O3. The number of aryl methyl sites for hydroxylation is 2. The Hall–Kier alpha value is -4.24. The van der Waals surface area contributed by atoms with Crippen molar-refractivity contribution >= 4 is 28.1 Å². The lowest BCUT2D eigenvalue weighted by Gasteiger charge is -2.09. The molecule has 0 unspecified atom stereocenters. The number of aromatic nitrogens is 5. The van der Waals surface area contributed by atoms with Crippen molar-refractivity contribution in [2.75, 3.05) is 18.7 Å². The fourth-order valence-electron chi connectivity index (χ4n) is 4.09. The van der Waals surface area contributed by atoms with Crippen LogP contribution in [0.5, 0.6) is 5.75 Å². The van der Waals surface area contributed by atoms with Crippen LogP contribution in [0, 0.1) is 13.8 Å². The lowest BCUT2D eigenvalue weighted by molar-refractivity contribution is 0.0224. The second kappa shape index (κ2) is 9.55. The molecule has 0 atom stereocenters. The number of nitrogens with one attached hydrogen (secondary N) is 1. The molecule has 0 aliphatic heterocycles. The molecule has 0 saturated carbocycles. The van der Waals surface area contributed by atoms with E-state index < -0.39 is 0 Å². The molecule has 4 heterocycles. The molecule has 9 heteroatoms. The van der Waals surface area contributed by atoms with Gasteiger partial charge < -0.3 is 14.8 Å². The fraction of sp³-hybridized carbons (Fsp3) is 0.231. The van der Waals surface area contributed by atoms with Crippen molar-refractivity contribution in [3.05, 3.63) is 83.7 Å². The largest absolute Gasteiger partial charge is 0.467 e. The summed E-state index contributed by atoms with van der Waals surface area (Å²) in [5, 5.41) is 8.66. The summed E-state index contributed by atoms with van der Waals surface area (Å²) in [7, 11) is 0. The predicted octanol–water partition coefficient (Wildman–Crippen LogP) is 4.37. The number of fused-ring (bicyclic) bond motifs is 2. The van der Waals surface area contributed by atoms with E-state index in [2.05, 4.69) is 15.3 Å². The lowest BCUT2D eigenvalue weighted by atomic mass is 10.1. The molecule has 178 valence electrons. The van der Waals surface area contributed by atoms with E-state index in [1.807, 2.05) is 61.9 Å². The van der Waals surface area contributed by atoms with Gasteiger partial charge in [-0.1, -0.05) is 12.1 Å². The highest BCUT2D eigenvalue weighted by Crippen LogP contribution is 2.28. The first kappa shape index (κ1) is 22.5. The molecule has 0 spiro atoms. The van der Waals surface area contributed by atoms with Crippen molar-refractivity contribution in [3.8, 4) is 5.75 Å². The molecule has 0 fully saturated rings. The highest BCUT2D eigenvalue weighted by atomic mass is 16.7. The molecule has 0 radical (unpaired) electrons. The van der Waals surface area contributed by atoms with E-state index in [1.54, 1.807) is 28.9 Å². The Bertz CT molecular complexity index is 1520. The highest BCUT2D eigenvalue weighted by Gasteiger charge is 2.17. The molecule has 0 bridgehead atoms. The van der Waals surface area contributed by atoms with E-state index in [-0.39, 0.29) is 12.7 Å². The van der Waals surface area contributed by atoms with Gasteiger partial charge in [-0.3, -0.25) is 18.9 Å². The van der Waals surface area contributed by atoms with Crippen LogP contribution < -0.4 is 10.1 Å². The van der Waals surface area contributed by atoms with Crippen LogP contribution in [0.4, 0.5) is 5.69 Å². The fourth-order valence-corrected chi connectivity index (χ4v) is 4.09. The van der Waals surface area contributed by atoms with Crippen LogP contribution in [0.1, 0.15) is 34.5 Å². The third-order valence-electron chi connectivity index (χ3n) is 5.69. The number of hydrogen-bond donors (Lipinski definition) is 1. The second-order valence-electron chi connectivity index (χ2n) is 8.16. The quantitative estimate of drug-likeness (QED) is 0.267. The van der Waals surface area contributed by atoms with E-state index in [4.69, 9.17) is 14.6 Å². The minimum absolute atomic E-state index is 0.164. The number of pyridine rings is 2. The van der Waals surface area contributed by atoms with E-state index in [9.17, 15) is 4.79 Å². The van der Waals surface area contributed by atoms with E-state index in [0.717, 1.165) is 28.0 Å². The monoisotopic (exact) mass is 470 g/mol. The first-order chi connectivity index (χ1) is 17.0. The number of carbonyl (C=O) groups is 1. The molecule has 1 N–H and O–H groups in total. The zero-order valence-corrected chi connectivity index (χ0v) is 19.9. The number of rotatable bonds is 8. The van der Waals surface area contributed by atoms with Gasteiger partial charge in [-0.15, -0.1) is 0 Å². The average molecular weight is 471 g/mol. The van der Waals surface area contributed by atoms with Gasteiger partial charge in [0.1, 0.15) is 17.1 Å². The average Bonchev–Trinajstić information content (AvgIpc) is 3.40. The normalized spacial score (nSPS) is 11.3. The molecule has 9 nitrogen and oxygen atoms in total. The molecule has 0 aliphatic rings. The number of carbonyl (C=O) groups excluding carboxylic acids is 1. The standard InChI is InChI=1S/C26H26N6O3/c1-4-34-16-35-20-11-12-31-23(14-27-24(31)13-20)26(33)29-21-9-6-10-22-25(21)18(3)30-32(22)15-19-8-5-7-17(2)28-19/h5-14H,4,15-16H2,1-3H3,(H,29,33). The zero-order chi connectivity index (χ0) is 24.4. The zero-order valence-electron chi connectivity index (χ0n) is 19.9. The third kappa shape index (κ3) is 4.58. The van der Waals surface area contributed by atoms with Crippen molar-refractivity contribution in [1.82, 2.24) is 24.1 Å². The van der Waals surface area contributed by atoms with Crippen LogP contribution in [0.15, 0.2) is 60.9 Å². The summed E-state index contributed by atoms with van der Waals surface area (Å²) in [5.74, 6) is 0.361. The van der Waals surface area contributed by atoms with Crippen LogP contribution in [0.2, 0.25) is 0 Å². The summed E-state index contributed by atoms with van der Waals surface area (Å²) in [6, 6.07) is 15.3. The Kier molecular flexibility index (Phi) is 6.15. The first-order valence-corrected chi connectivity index (χ1v) is 11.4. The van der Waals surface area contributed by atoms with Crippen molar-refractivity contribution in [1.29, 1.82) is 0 Å². The summed E-state index contributed by atoms with van der Waals surface area (Å²) in [4.78, 5) is 22.2. The van der Waals surface area contributed by atoms with Gasteiger partial charge in [-0.2, -0.15) is 5.10 Å². The van der Waals surface area contributed by atoms with Gasteiger partial charge in [-0.05, 0) is 51.1 Å². The van der Waals surface area contributed by atoms with Crippen LogP contribution in [0.25, 0.3) is 16.6 Å². The third-order valence-corrected chi connectivity index (χ3v) is 5.69. The molecule has 35 heavy (non-hydrogen) atoms. The summed E-state index contributed by atoms with van der Waals surface area (Å²) < 4.78 is 14.4. The van der Waals surface area contributed by atoms with Crippen molar-refractivity contribution < 1.29 is 14.3 Å². The number of ether oxygens (including phenoxy) is 2. The van der Waals surface area contributed by atoms with E-state index in [1.165, 1.54) is 0 Å². The Morgan fingerprint density at radius 3 is 2.80 bits per heavy atom. The second-order valence-corrected chi connectivity index (χ2v) is 8.16. The summed E-state index contributed by atoms with van der Waals surface area (Å²) in [6.07, 6.45) is 3.31. The number of anilines is 1. The van der Waals surface area contributed by atoms with Crippen LogP contribution in [-0.4, -0.2) is 43.5 Å². The van der Waals surface area contributed by atoms with Crippen LogP contribution >= 0.6 is 0 Å². The number of benzene rings is 1. The van der Waals surface area contributed by atoms with Crippen molar-refractivity contribution in [3.63, 3.8) is 0 Å². The Morgan fingerprint density at radius 2 is 1.97 bits per heavy atom. The van der Waals surface area contributed by atoms with E-state index >= 15 is 0 Å². The van der Waals surface area contributed by atoms with Gasteiger partial charge in [0.25, 0.3) is 5.91 Å². The molecule has 0 saturated heterocycles. The molecule has 4 aromatic heterocycles. The van der Waals surface area contributed by atoms with Gasteiger partial charge >= 0.3 is 0 Å². The van der Waals surface area contributed by atoms with Gasteiger partial charge in [-0.25, -0.2) is 4.98 Å². The molecule has 1 aromatic carbocycles. The topological polar surface area (TPSA) is 95.6 Å². The Balaban J connectivity index is 1.41. The number of nitrogens with zero attached hydrogens (tertiary/aromatic N) is 5. The first-order valence-electron chi connectivity index (χ1n) is 11.4. The lowest BCUT2D eigenvalue weighted by Crippen LogP contribution is -2.14. The minimum atomic E-state index is -0.263. The SMILES string of the molecule is CCOCOc1ccn2c(C(=O)Nc3cccc4c3c(C)nn4Cc3cccc(C)n3)cnc2c1. The summed E-state index contributed by atoms with van der Waals surface area (Å²) in [6.45, 7) is 7.10. The maximum atomic E-state index is 13.2. The van der Waals surface area contributed by atoms with Gasteiger partial charge in [0, 0.05) is 30.0 Å². The highest BCUT2D eigenvalue weighted by molar-refractivity contribution is 6.08. The summed E-state index contributed by atoms with van der Waals surface area (Å²) in [5.41, 5.74) is 5.37. The molecule has 5 aromatic rings. The van der Waals surface area contributed by atoms with Crippen molar-refractivity contribution in [2.24, 2.45) is 0 Å². The Labute approximate surface area is 202 Å².